The van der Waals surface area contributed by atoms with Gasteiger partial charge in [0.05, 0.1) is 0 Å². The van der Waals surface area contributed by atoms with Crippen molar-refractivity contribution < 1.29 is 4.39 Å². The van der Waals surface area contributed by atoms with Crippen molar-refractivity contribution in [3.05, 3.63) is 42.1 Å². The van der Waals surface area contributed by atoms with Crippen LogP contribution in [-0.4, -0.2) is 0 Å². The Morgan fingerprint density at radius 2 is 2.09 bits per heavy atom. The number of halogens is 1. The summed E-state index contributed by atoms with van der Waals surface area (Å²) in [6.45, 7) is 7.61. The largest absolute Gasteiger partial charge is 0.207 e. The normalized spacial score (nSPS) is 10.6. The van der Waals surface area contributed by atoms with E-state index in [0.29, 0.717) is 5.56 Å². The highest BCUT2D eigenvalue weighted by molar-refractivity contribution is 5.26. The van der Waals surface area contributed by atoms with Gasteiger partial charge in [-0.1, -0.05) is 19.1 Å². The Bertz CT molecular complexity index is 251. The van der Waals surface area contributed by atoms with Crippen LogP contribution in [0.25, 0.3) is 0 Å². The van der Waals surface area contributed by atoms with Gasteiger partial charge in [-0.3, -0.25) is 0 Å². The Morgan fingerprint density at radius 3 is 2.55 bits per heavy atom. The lowest BCUT2D eigenvalue weighted by Crippen LogP contribution is -1.90. The van der Waals surface area contributed by atoms with Crippen molar-refractivity contribution in [1.29, 1.82) is 0 Å². The van der Waals surface area contributed by atoms with Gasteiger partial charge in [0.1, 0.15) is 5.82 Å². The van der Waals surface area contributed by atoms with Crippen molar-refractivity contribution in [1.82, 2.24) is 0 Å². The zero-order valence-corrected chi connectivity index (χ0v) is 6.89. The van der Waals surface area contributed by atoms with Crippen LogP contribution in [0.4, 0.5) is 4.39 Å². The van der Waals surface area contributed by atoms with Gasteiger partial charge in [0.25, 0.3) is 0 Å². The molecule has 11 heavy (non-hydrogen) atoms. The summed E-state index contributed by atoms with van der Waals surface area (Å²) < 4.78 is 12.7. The summed E-state index contributed by atoms with van der Waals surface area (Å²) in [6, 6.07) is 5.11. The number of hydrogen-bond acceptors (Lipinski definition) is 0. The molecule has 0 bridgehead atoms. The highest BCUT2D eigenvalue weighted by Crippen LogP contribution is 2.16. The topological polar surface area (TPSA) is 0 Å². The Labute approximate surface area is 67.1 Å². The molecule has 1 aromatic rings. The van der Waals surface area contributed by atoms with Crippen LogP contribution in [0.2, 0.25) is 0 Å². The average Bonchev–Trinajstić information content (AvgIpc) is 1.94. The maximum atomic E-state index is 12.7. The third kappa shape index (κ3) is 1.79. The van der Waals surface area contributed by atoms with E-state index in [9.17, 15) is 4.39 Å². The first-order valence-electron chi connectivity index (χ1n) is 3.70. The van der Waals surface area contributed by atoms with Gasteiger partial charge >= 0.3 is 0 Å². The van der Waals surface area contributed by atoms with E-state index in [1.54, 1.807) is 13.0 Å². The molecule has 1 aromatic carbocycles. The van der Waals surface area contributed by atoms with Crippen LogP contribution in [0.15, 0.2) is 18.2 Å². The second-order valence-electron chi connectivity index (χ2n) is 2.91. The van der Waals surface area contributed by atoms with Crippen molar-refractivity contribution >= 4 is 0 Å². The van der Waals surface area contributed by atoms with Crippen molar-refractivity contribution in [3.8, 4) is 0 Å². The lowest BCUT2D eigenvalue weighted by molar-refractivity contribution is 0.617. The van der Waals surface area contributed by atoms with Gasteiger partial charge in [-0.05, 0) is 37.0 Å². The molecule has 0 spiro atoms. The fourth-order valence-corrected chi connectivity index (χ4v) is 0.974. The minimum Gasteiger partial charge on any atom is -0.207 e. The van der Waals surface area contributed by atoms with E-state index in [0.717, 1.165) is 5.56 Å². The van der Waals surface area contributed by atoms with Gasteiger partial charge in [-0.15, -0.1) is 0 Å². The first-order chi connectivity index (χ1) is 5.11. The summed E-state index contributed by atoms with van der Waals surface area (Å²) in [7, 11) is 0. The predicted octanol–water partition coefficient (Wildman–Crippen LogP) is 3.07. The molecule has 0 fully saturated rings. The minimum atomic E-state index is -0.144. The van der Waals surface area contributed by atoms with Crippen LogP contribution < -0.4 is 0 Å². The van der Waals surface area contributed by atoms with Crippen molar-refractivity contribution in [2.24, 2.45) is 0 Å². The van der Waals surface area contributed by atoms with Gasteiger partial charge < -0.3 is 0 Å². The molecular formula is C10H12F. The molecule has 0 aliphatic carbocycles. The monoisotopic (exact) mass is 151 g/mol. The lowest BCUT2D eigenvalue weighted by atomic mass is 10.0. The molecule has 0 nitrogen and oxygen atoms in total. The fraction of sp³-hybridized carbons (Fsp3) is 0.300. The summed E-state index contributed by atoms with van der Waals surface area (Å²) in [4.78, 5) is 0. The molecule has 1 rings (SSSR count). The van der Waals surface area contributed by atoms with Gasteiger partial charge in [-0.25, -0.2) is 4.39 Å². The van der Waals surface area contributed by atoms with E-state index < -0.39 is 0 Å². The molecule has 1 radical (unpaired) electrons. The van der Waals surface area contributed by atoms with E-state index in [-0.39, 0.29) is 11.7 Å². The fourth-order valence-electron chi connectivity index (χ4n) is 0.974. The molecule has 1 atom stereocenters. The van der Waals surface area contributed by atoms with E-state index in [4.69, 9.17) is 0 Å². The highest BCUT2D eigenvalue weighted by atomic mass is 19.1. The minimum absolute atomic E-state index is 0.144. The Morgan fingerprint density at radius 1 is 1.45 bits per heavy atom. The van der Waals surface area contributed by atoms with Crippen LogP contribution in [0, 0.1) is 19.7 Å². The SMILES string of the molecule is [CH2]C(C)c1ccc(F)c(C)c1. The summed E-state index contributed by atoms with van der Waals surface area (Å²) in [6.07, 6.45) is 0. The molecule has 1 unspecified atom stereocenters. The molecule has 0 aliphatic rings. The molecule has 0 amide bonds. The van der Waals surface area contributed by atoms with Crippen LogP contribution in [-0.2, 0) is 0 Å². The zero-order valence-electron chi connectivity index (χ0n) is 6.89. The number of rotatable bonds is 1. The summed E-state index contributed by atoms with van der Waals surface area (Å²) in [5.41, 5.74) is 1.78. The van der Waals surface area contributed by atoms with E-state index in [1.807, 2.05) is 13.0 Å². The molecule has 0 N–H and O–H groups in total. The standard InChI is InChI=1S/C10H12F/c1-7(2)9-4-5-10(11)8(3)6-9/h4-7H,1H2,2-3H3. The smallest absolute Gasteiger partial charge is 0.126 e. The third-order valence-electron chi connectivity index (χ3n) is 1.75. The quantitative estimate of drug-likeness (QED) is 0.578. The summed E-state index contributed by atoms with van der Waals surface area (Å²) in [5, 5.41) is 0. The van der Waals surface area contributed by atoms with E-state index in [2.05, 4.69) is 6.92 Å². The molecular weight excluding hydrogens is 139 g/mol. The molecule has 59 valence electrons. The van der Waals surface area contributed by atoms with Crippen LogP contribution in [0.3, 0.4) is 0 Å². The van der Waals surface area contributed by atoms with Crippen molar-refractivity contribution in [2.45, 2.75) is 19.8 Å². The maximum Gasteiger partial charge on any atom is 0.126 e. The van der Waals surface area contributed by atoms with E-state index >= 15 is 0 Å². The molecule has 0 aromatic heterocycles. The average molecular weight is 151 g/mol. The predicted molar refractivity (Wildman–Crippen MR) is 44.9 cm³/mol. The summed E-state index contributed by atoms with van der Waals surface area (Å²) in [5.74, 6) is 0.0868. The maximum absolute atomic E-state index is 12.7. The number of benzene rings is 1. The molecule has 0 heterocycles. The van der Waals surface area contributed by atoms with Crippen LogP contribution >= 0.6 is 0 Å². The molecule has 1 heteroatoms. The second kappa shape index (κ2) is 3.04. The Balaban J connectivity index is 3.05. The second-order valence-corrected chi connectivity index (χ2v) is 2.91. The number of hydrogen-bond donors (Lipinski definition) is 0. The number of aryl methyl sites for hydroxylation is 1. The van der Waals surface area contributed by atoms with Crippen LogP contribution in [0.5, 0.6) is 0 Å². The van der Waals surface area contributed by atoms with E-state index in [1.165, 1.54) is 6.07 Å². The van der Waals surface area contributed by atoms with Crippen molar-refractivity contribution in [3.63, 3.8) is 0 Å². The van der Waals surface area contributed by atoms with Gasteiger partial charge in [0, 0.05) is 0 Å². The zero-order chi connectivity index (χ0) is 8.43. The molecule has 0 aliphatic heterocycles. The first-order valence-corrected chi connectivity index (χ1v) is 3.70. The Hall–Kier alpha value is -0.850. The first kappa shape index (κ1) is 8.25. The van der Waals surface area contributed by atoms with Gasteiger partial charge in [-0.2, -0.15) is 0 Å². The van der Waals surface area contributed by atoms with Gasteiger partial charge in [0.15, 0.2) is 0 Å². The Kier molecular flexibility index (Phi) is 2.28. The van der Waals surface area contributed by atoms with Crippen LogP contribution in [0.1, 0.15) is 24.0 Å². The molecule has 0 saturated heterocycles. The lowest BCUT2D eigenvalue weighted by Gasteiger charge is -2.05. The molecule has 0 saturated carbocycles. The highest BCUT2D eigenvalue weighted by Gasteiger charge is 2.01. The van der Waals surface area contributed by atoms with Crippen molar-refractivity contribution in [2.75, 3.05) is 0 Å². The van der Waals surface area contributed by atoms with Gasteiger partial charge in [0.2, 0.25) is 0 Å². The third-order valence-corrected chi connectivity index (χ3v) is 1.75. The summed E-state index contributed by atoms with van der Waals surface area (Å²) >= 11 is 0.